The Balaban J connectivity index is 1.39. The predicted molar refractivity (Wildman–Crippen MR) is 117 cm³/mol. The summed E-state index contributed by atoms with van der Waals surface area (Å²) in [6, 6.07) is 16.1. The van der Waals surface area contributed by atoms with Crippen LogP contribution in [0.5, 0.6) is 11.5 Å². The molecule has 0 bridgehead atoms. The molecule has 0 unspecified atom stereocenters. The Morgan fingerprint density at radius 3 is 2.66 bits per heavy atom. The largest absolute Gasteiger partial charge is 0.502 e. The number of aromatic nitrogens is 4. The fourth-order valence-electron chi connectivity index (χ4n) is 3.36. The highest BCUT2D eigenvalue weighted by Crippen LogP contribution is 2.28. The van der Waals surface area contributed by atoms with E-state index in [2.05, 4.69) is 20.4 Å². The number of fused-ring (bicyclic) bond motifs is 1. The van der Waals surface area contributed by atoms with Gasteiger partial charge in [-0.2, -0.15) is 9.50 Å². The van der Waals surface area contributed by atoms with E-state index in [0.717, 1.165) is 22.9 Å². The van der Waals surface area contributed by atoms with Crippen LogP contribution in [-0.4, -0.2) is 37.1 Å². The van der Waals surface area contributed by atoms with Gasteiger partial charge in [0.25, 0.3) is 11.7 Å². The Morgan fingerprint density at radius 1 is 1.12 bits per heavy atom. The molecule has 2 aromatic carbocycles. The molecule has 162 valence electrons. The summed E-state index contributed by atoms with van der Waals surface area (Å²) < 4.78 is 6.86. The molecule has 32 heavy (non-hydrogen) atoms. The van der Waals surface area contributed by atoms with Crippen LogP contribution < -0.4 is 15.6 Å². The molecule has 1 aliphatic carbocycles. The quantitative estimate of drug-likeness (QED) is 0.413. The molecule has 0 atom stereocenters. The van der Waals surface area contributed by atoms with Crippen molar-refractivity contribution in [3.05, 3.63) is 76.2 Å². The van der Waals surface area contributed by atoms with Gasteiger partial charge in [0.15, 0.2) is 5.82 Å². The van der Waals surface area contributed by atoms with Crippen LogP contribution in [0.1, 0.15) is 28.9 Å². The van der Waals surface area contributed by atoms with Crippen LogP contribution in [-0.2, 0) is 6.61 Å². The number of carbonyl (C=O) groups excluding carboxylic acids is 1. The van der Waals surface area contributed by atoms with Gasteiger partial charge in [0, 0.05) is 12.1 Å². The van der Waals surface area contributed by atoms with Gasteiger partial charge in [0.05, 0.1) is 5.56 Å². The molecule has 0 spiro atoms. The van der Waals surface area contributed by atoms with Crippen molar-refractivity contribution in [3.63, 3.8) is 0 Å². The van der Waals surface area contributed by atoms with Crippen molar-refractivity contribution in [2.24, 2.45) is 5.92 Å². The van der Waals surface area contributed by atoms with Crippen molar-refractivity contribution in [2.75, 3.05) is 6.54 Å². The number of aromatic hydroxyl groups is 1. The Hall–Kier alpha value is -4.14. The summed E-state index contributed by atoms with van der Waals surface area (Å²) in [7, 11) is 0. The summed E-state index contributed by atoms with van der Waals surface area (Å²) in [5.74, 6) is 0.698. The van der Waals surface area contributed by atoms with Gasteiger partial charge in [-0.25, -0.2) is 4.98 Å². The lowest BCUT2D eigenvalue weighted by Gasteiger charge is -2.11. The maximum absolute atomic E-state index is 12.6. The third kappa shape index (κ3) is 3.92. The molecule has 5 rings (SSSR count). The molecule has 4 aromatic rings. The first-order valence-electron chi connectivity index (χ1n) is 10.4. The monoisotopic (exact) mass is 431 g/mol. The summed E-state index contributed by atoms with van der Waals surface area (Å²) >= 11 is 0. The molecule has 2 aromatic heterocycles. The minimum atomic E-state index is -0.682. The van der Waals surface area contributed by atoms with Crippen LogP contribution in [0.15, 0.2) is 59.4 Å². The lowest BCUT2D eigenvalue weighted by molar-refractivity contribution is 0.0947. The number of carbonyl (C=O) groups is 1. The topological polar surface area (TPSA) is 122 Å². The molecule has 1 saturated carbocycles. The zero-order valence-electron chi connectivity index (χ0n) is 17.1. The van der Waals surface area contributed by atoms with Crippen molar-refractivity contribution in [3.8, 4) is 22.9 Å². The summed E-state index contributed by atoms with van der Waals surface area (Å²) in [4.78, 5) is 33.8. The number of para-hydroxylation sites is 1. The van der Waals surface area contributed by atoms with Gasteiger partial charge in [-0.1, -0.05) is 42.5 Å². The molecule has 1 fully saturated rings. The van der Waals surface area contributed by atoms with E-state index in [4.69, 9.17) is 4.74 Å². The molecule has 1 aliphatic rings. The van der Waals surface area contributed by atoms with E-state index >= 15 is 0 Å². The highest BCUT2D eigenvalue weighted by atomic mass is 16.5. The van der Waals surface area contributed by atoms with Crippen LogP contribution in [0, 0.1) is 5.92 Å². The number of hydrogen-bond acceptors (Lipinski definition) is 6. The van der Waals surface area contributed by atoms with Gasteiger partial charge in [-0.3, -0.25) is 14.7 Å². The fraction of sp³-hybridized carbons (Fsp3) is 0.217. The average Bonchev–Trinajstić information content (AvgIpc) is 3.56. The molecular weight excluding hydrogens is 410 g/mol. The maximum atomic E-state index is 12.6. The second-order valence-corrected chi connectivity index (χ2v) is 7.72. The van der Waals surface area contributed by atoms with Crippen molar-refractivity contribution in [1.29, 1.82) is 0 Å². The molecule has 0 radical (unpaired) electrons. The number of ether oxygens (including phenoxy) is 1. The second-order valence-electron chi connectivity index (χ2n) is 7.72. The number of amides is 1. The average molecular weight is 431 g/mol. The van der Waals surface area contributed by atoms with Gasteiger partial charge in [-0.15, -0.1) is 0 Å². The van der Waals surface area contributed by atoms with Crippen LogP contribution in [0.25, 0.3) is 17.2 Å². The van der Waals surface area contributed by atoms with Crippen LogP contribution in [0.3, 0.4) is 0 Å². The predicted octanol–water partition coefficient (Wildman–Crippen LogP) is 2.51. The molecule has 9 nitrogen and oxygen atoms in total. The summed E-state index contributed by atoms with van der Waals surface area (Å²) in [5.41, 5.74) is 0.519. The highest BCUT2D eigenvalue weighted by Gasteiger charge is 2.23. The normalized spacial score (nSPS) is 13.2. The molecule has 1 amide bonds. The Morgan fingerprint density at radius 2 is 1.88 bits per heavy atom. The van der Waals surface area contributed by atoms with Crippen LogP contribution >= 0.6 is 0 Å². The van der Waals surface area contributed by atoms with Crippen molar-refractivity contribution < 1.29 is 14.6 Å². The van der Waals surface area contributed by atoms with E-state index < -0.39 is 11.3 Å². The lowest BCUT2D eigenvalue weighted by Crippen LogP contribution is -2.26. The number of benzene rings is 2. The number of nitrogens with one attached hydrogen (secondary N) is 2. The third-order valence-corrected chi connectivity index (χ3v) is 5.34. The Bertz CT molecular complexity index is 1340. The minimum absolute atomic E-state index is 0.0364. The van der Waals surface area contributed by atoms with Gasteiger partial charge in [0.2, 0.25) is 5.75 Å². The highest BCUT2D eigenvalue weighted by molar-refractivity contribution is 5.96. The number of nitrogens with zero attached hydrogens (tertiary/aromatic N) is 3. The van der Waals surface area contributed by atoms with E-state index in [1.54, 1.807) is 24.3 Å². The first kappa shape index (κ1) is 19.8. The van der Waals surface area contributed by atoms with E-state index in [9.17, 15) is 14.7 Å². The van der Waals surface area contributed by atoms with Crippen LogP contribution in [0.4, 0.5) is 0 Å². The first-order valence-corrected chi connectivity index (χ1v) is 10.4. The molecule has 2 heterocycles. The zero-order valence-corrected chi connectivity index (χ0v) is 17.1. The van der Waals surface area contributed by atoms with Gasteiger partial charge >= 0.3 is 5.56 Å². The third-order valence-electron chi connectivity index (χ3n) is 5.34. The number of aromatic amines is 1. The summed E-state index contributed by atoms with van der Waals surface area (Å²) in [6.45, 7) is 0.448. The van der Waals surface area contributed by atoms with E-state index in [1.165, 1.54) is 0 Å². The van der Waals surface area contributed by atoms with Crippen molar-refractivity contribution in [1.82, 2.24) is 24.9 Å². The smallest absolute Gasteiger partial charge is 0.316 e. The van der Waals surface area contributed by atoms with Gasteiger partial charge < -0.3 is 15.2 Å². The number of rotatable bonds is 7. The molecule has 0 saturated heterocycles. The standard InChI is InChI=1S/C23H21N5O4/c29-19-17(13-32-18-9-5-4-8-16(18)21(30)24-12-14-10-11-14)25-23-26-20(27-28(23)22(19)31)15-6-2-1-3-7-15/h1-9,14,29H,10-13H2,(H,24,30)(H,25,26,27). The van der Waals surface area contributed by atoms with E-state index in [1.807, 2.05) is 30.3 Å². The first-order chi connectivity index (χ1) is 15.6. The molecule has 9 heteroatoms. The van der Waals surface area contributed by atoms with Gasteiger partial charge in [0.1, 0.15) is 18.1 Å². The molecule has 3 N–H and O–H groups in total. The van der Waals surface area contributed by atoms with Gasteiger partial charge in [-0.05, 0) is 30.9 Å². The zero-order chi connectivity index (χ0) is 22.1. The molecule has 0 aliphatic heterocycles. The van der Waals surface area contributed by atoms with E-state index in [-0.39, 0.29) is 24.0 Å². The second kappa shape index (κ2) is 8.18. The van der Waals surface area contributed by atoms with Crippen molar-refractivity contribution >= 4 is 11.7 Å². The SMILES string of the molecule is O=C(NCC1CC1)c1ccccc1OCc1nc2nc(-c3ccccc3)[nH]n2c(=O)c1O. The summed E-state index contributed by atoms with van der Waals surface area (Å²) in [5, 5.41) is 16.1. The lowest BCUT2D eigenvalue weighted by atomic mass is 10.2. The maximum Gasteiger partial charge on any atom is 0.316 e. The number of H-pyrrole nitrogens is 1. The summed E-state index contributed by atoms with van der Waals surface area (Å²) in [6.07, 6.45) is 2.28. The fourth-order valence-corrected chi connectivity index (χ4v) is 3.36. The minimum Gasteiger partial charge on any atom is -0.502 e. The Kier molecular flexibility index (Phi) is 5.06. The Labute approximate surface area is 182 Å². The van der Waals surface area contributed by atoms with Crippen molar-refractivity contribution in [2.45, 2.75) is 19.4 Å². The number of hydrogen-bond donors (Lipinski definition) is 3. The van der Waals surface area contributed by atoms with E-state index in [0.29, 0.717) is 29.6 Å². The molecular formula is C23H21N5O4. The van der Waals surface area contributed by atoms with Crippen LogP contribution in [0.2, 0.25) is 0 Å².